The van der Waals surface area contributed by atoms with Crippen molar-refractivity contribution in [2.75, 3.05) is 20.6 Å². The van der Waals surface area contributed by atoms with Gasteiger partial charge >= 0.3 is 0 Å². The average Bonchev–Trinajstić information content (AvgIpc) is 2.43. The Morgan fingerprint density at radius 2 is 1.95 bits per heavy atom. The highest BCUT2D eigenvalue weighted by molar-refractivity contribution is 5.96. The number of carbonyl (C=O) groups excluding carboxylic acids is 1. The first-order valence-electron chi connectivity index (χ1n) is 8.00. The van der Waals surface area contributed by atoms with Crippen LogP contribution in [0.3, 0.4) is 0 Å². The van der Waals surface area contributed by atoms with Gasteiger partial charge in [-0.2, -0.15) is 0 Å². The van der Waals surface area contributed by atoms with Crippen molar-refractivity contribution in [3.05, 3.63) is 34.9 Å². The van der Waals surface area contributed by atoms with Crippen molar-refractivity contribution < 1.29 is 4.79 Å². The Balaban J connectivity index is 2.07. The third-order valence-corrected chi connectivity index (χ3v) is 4.46. The molecule has 1 fully saturated rings. The first-order valence-corrected chi connectivity index (χ1v) is 8.00. The summed E-state index contributed by atoms with van der Waals surface area (Å²) in [5.74, 6) is 0.662. The summed E-state index contributed by atoms with van der Waals surface area (Å²) in [5, 5.41) is 3.29. The molecule has 2 atom stereocenters. The molecule has 0 heterocycles. The van der Waals surface area contributed by atoms with E-state index >= 15 is 0 Å². The number of amides is 1. The van der Waals surface area contributed by atoms with Crippen LogP contribution in [0.4, 0.5) is 0 Å². The molecular formula is C18H28N2O. The summed E-state index contributed by atoms with van der Waals surface area (Å²) in [5.41, 5.74) is 3.02. The standard InChI is InChI=1S/C18H28N2O/c1-13-9-10-14(2)16(11-13)18(21)19-17-8-6-5-7-15(17)12-20(3)4/h9-11,15,17H,5-8,12H2,1-4H3,(H,19,21). The molecule has 2 unspecified atom stereocenters. The lowest BCUT2D eigenvalue weighted by atomic mass is 9.84. The Bertz CT molecular complexity index is 496. The predicted molar refractivity (Wildman–Crippen MR) is 87.7 cm³/mol. The molecule has 3 nitrogen and oxygen atoms in total. The molecule has 1 amide bonds. The van der Waals surface area contributed by atoms with Gasteiger partial charge in [0, 0.05) is 18.2 Å². The lowest BCUT2D eigenvalue weighted by Crippen LogP contribution is -2.45. The van der Waals surface area contributed by atoms with Crippen molar-refractivity contribution in [1.82, 2.24) is 10.2 Å². The minimum absolute atomic E-state index is 0.0897. The van der Waals surface area contributed by atoms with Gasteiger partial charge in [0.1, 0.15) is 0 Å². The number of nitrogens with zero attached hydrogens (tertiary/aromatic N) is 1. The molecule has 0 bridgehead atoms. The molecule has 0 spiro atoms. The molecule has 1 N–H and O–H groups in total. The highest BCUT2D eigenvalue weighted by Gasteiger charge is 2.27. The van der Waals surface area contributed by atoms with Crippen LogP contribution in [0.5, 0.6) is 0 Å². The molecule has 1 aliphatic rings. The summed E-state index contributed by atoms with van der Waals surface area (Å²) in [4.78, 5) is 14.8. The van der Waals surface area contributed by atoms with E-state index in [2.05, 4.69) is 30.4 Å². The molecule has 1 aromatic rings. The zero-order valence-corrected chi connectivity index (χ0v) is 13.8. The molecular weight excluding hydrogens is 260 g/mol. The zero-order valence-electron chi connectivity index (χ0n) is 13.8. The smallest absolute Gasteiger partial charge is 0.251 e. The van der Waals surface area contributed by atoms with Crippen molar-refractivity contribution in [2.45, 2.75) is 45.6 Å². The number of hydrogen-bond donors (Lipinski definition) is 1. The van der Waals surface area contributed by atoms with Crippen LogP contribution in [0, 0.1) is 19.8 Å². The molecule has 1 saturated carbocycles. The van der Waals surface area contributed by atoms with Crippen molar-refractivity contribution in [1.29, 1.82) is 0 Å². The average molecular weight is 288 g/mol. The van der Waals surface area contributed by atoms with Gasteiger partial charge in [-0.1, -0.05) is 30.5 Å². The monoisotopic (exact) mass is 288 g/mol. The second kappa shape index (κ2) is 7.08. The van der Waals surface area contributed by atoms with Gasteiger partial charge in [-0.3, -0.25) is 4.79 Å². The third kappa shape index (κ3) is 4.31. The van der Waals surface area contributed by atoms with Crippen LogP contribution >= 0.6 is 0 Å². The Hall–Kier alpha value is -1.35. The van der Waals surface area contributed by atoms with Crippen molar-refractivity contribution >= 4 is 5.91 Å². The zero-order chi connectivity index (χ0) is 15.4. The predicted octanol–water partition coefficient (Wildman–Crippen LogP) is 3.15. The molecule has 1 aliphatic carbocycles. The lowest BCUT2D eigenvalue weighted by molar-refractivity contribution is 0.0894. The van der Waals surface area contributed by atoms with E-state index in [9.17, 15) is 4.79 Å². The summed E-state index contributed by atoms with van der Waals surface area (Å²) < 4.78 is 0. The molecule has 0 aliphatic heterocycles. The van der Waals surface area contributed by atoms with E-state index < -0.39 is 0 Å². The number of nitrogens with one attached hydrogen (secondary N) is 1. The largest absolute Gasteiger partial charge is 0.349 e. The summed E-state index contributed by atoms with van der Waals surface area (Å²) in [6.45, 7) is 5.09. The maximum atomic E-state index is 12.6. The maximum Gasteiger partial charge on any atom is 0.251 e. The minimum atomic E-state index is 0.0897. The van der Waals surface area contributed by atoms with E-state index in [-0.39, 0.29) is 5.91 Å². The van der Waals surface area contributed by atoms with Crippen molar-refractivity contribution in [3.8, 4) is 0 Å². The number of carbonyl (C=O) groups is 1. The topological polar surface area (TPSA) is 32.3 Å². The number of benzene rings is 1. The maximum absolute atomic E-state index is 12.6. The minimum Gasteiger partial charge on any atom is -0.349 e. The fraction of sp³-hybridized carbons (Fsp3) is 0.611. The van der Waals surface area contributed by atoms with Gasteiger partial charge in [0.2, 0.25) is 0 Å². The number of rotatable bonds is 4. The van der Waals surface area contributed by atoms with Gasteiger partial charge in [-0.25, -0.2) is 0 Å². The van der Waals surface area contributed by atoms with E-state index in [1.54, 1.807) is 0 Å². The van der Waals surface area contributed by atoms with Crippen LogP contribution in [0.15, 0.2) is 18.2 Å². The third-order valence-electron chi connectivity index (χ3n) is 4.46. The van der Waals surface area contributed by atoms with Crippen molar-refractivity contribution in [3.63, 3.8) is 0 Å². The summed E-state index contributed by atoms with van der Waals surface area (Å²) in [6.07, 6.45) is 4.83. The van der Waals surface area contributed by atoms with E-state index in [1.807, 2.05) is 26.0 Å². The van der Waals surface area contributed by atoms with Gasteiger partial charge < -0.3 is 10.2 Å². The Kier molecular flexibility index (Phi) is 5.40. The van der Waals surface area contributed by atoms with E-state index in [0.717, 1.165) is 29.7 Å². The normalized spacial score (nSPS) is 22.3. The molecule has 0 radical (unpaired) electrons. The van der Waals surface area contributed by atoms with Gasteiger partial charge in [0.15, 0.2) is 0 Å². The van der Waals surface area contributed by atoms with Gasteiger partial charge in [-0.15, -0.1) is 0 Å². The quantitative estimate of drug-likeness (QED) is 0.923. The molecule has 21 heavy (non-hydrogen) atoms. The van der Waals surface area contributed by atoms with Crippen LogP contribution in [-0.4, -0.2) is 37.5 Å². The number of hydrogen-bond acceptors (Lipinski definition) is 2. The molecule has 1 aromatic carbocycles. The molecule has 3 heteroatoms. The SMILES string of the molecule is Cc1ccc(C)c(C(=O)NC2CCCCC2CN(C)C)c1. The Morgan fingerprint density at radius 1 is 1.24 bits per heavy atom. The summed E-state index contributed by atoms with van der Waals surface area (Å²) >= 11 is 0. The van der Waals surface area contributed by atoms with E-state index in [4.69, 9.17) is 0 Å². The summed E-state index contributed by atoms with van der Waals surface area (Å²) in [7, 11) is 4.22. The fourth-order valence-electron chi connectivity index (χ4n) is 3.31. The van der Waals surface area contributed by atoms with Crippen LogP contribution < -0.4 is 5.32 Å². The molecule has 2 rings (SSSR count). The first kappa shape index (κ1) is 16.0. The highest BCUT2D eigenvalue weighted by Crippen LogP contribution is 2.25. The van der Waals surface area contributed by atoms with E-state index in [0.29, 0.717) is 12.0 Å². The first-order chi connectivity index (χ1) is 9.97. The molecule has 0 aromatic heterocycles. The second-order valence-electron chi connectivity index (χ2n) is 6.71. The van der Waals surface area contributed by atoms with Crippen LogP contribution in [0.25, 0.3) is 0 Å². The molecule has 116 valence electrons. The Morgan fingerprint density at radius 3 is 2.67 bits per heavy atom. The highest BCUT2D eigenvalue weighted by atomic mass is 16.1. The molecule has 0 saturated heterocycles. The van der Waals surface area contributed by atoms with Crippen molar-refractivity contribution in [2.24, 2.45) is 5.92 Å². The Labute approximate surface area is 128 Å². The van der Waals surface area contributed by atoms with Gasteiger partial charge in [-0.05, 0) is 58.3 Å². The second-order valence-corrected chi connectivity index (χ2v) is 6.71. The van der Waals surface area contributed by atoms with Crippen LogP contribution in [0.1, 0.15) is 47.2 Å². The lowest BCUT2D eigenvalue weighted by Gasteiger charge is -2.34. The number of aryl methyl sites for hydroxylation is 2. The van der Waals surface area contributed by atoms with Gasteiger partial charge in [0.05, 0.1) is 0 Å². The fourth-order valence-corrected chi connectivity index (χ4v) is 3.31. The summed E-state index contributed by atoms with van der Waals surface area (Å²) in [6, 6.07) is 6.40. The van der Waals surface area contributed by atoms with Gasteiger partial charge in [0.25, 0.3) is 5.91 Å². The van der Waals surface area contributed by atoms with Crippen LogP contribution in [-0.2, 0) is 0 Å². The van der Waals surface area contributed by atoms with E-state index in [1.165, 1.54) is 19.3 Å². The van der Waals surface area contributed by atoms with Crippen LogP contribution in [0.2, 0.25) is 0 Å².